The number of carbonyl (C=O) groups excluding carboxylic acids is 2. The summed E-state index contributed by atoms with van der Waals surface area (Å²) in [5, 5.41) is 3.73. The number of likely N-dealkylation sites (N-methyl/N-ethyl adjacent to an activating group) is 1. The van der Waals surface area contributed by atoms with Gasteiger partial charge in [-0.05, 0) is 41.0 Å². The lowest BCUT2D eigenvalue weighted by Crippen LogP contribution is -2.50. The zero-order valence-electron chi connectivity index (χ0n) is 18.6. The first-order chi connectivity index (χ1) is 16.4. The molecule has 0 heterocycles. The number of amides is 2. The van der Waals surface area contributed by atoms with Gasteiger partial charge < -0.3 is 10.2 Å². The van der Waals surface area contributed by atoms with Gasteiger partial charge in [0.2, 0.25) is 11.8 Å². The van der Waals surface area contributed by atoms with Gasteiger partial charge in [0, 0.05) is 30.2 Å². The number of thioether (sulfide) groups is 1. The van der Waals surface area contributed by atoms with Crippen LogP contribution in [0.1, 0.15) is 16.7 Å². The lowest BCUT2D eigenvalue weighted by molar-refractivity contribution is -0.139. The number of hydrogen-bond donors (Lipinski definition) is 1. The normalized spacial score (nSPS) is 11.6. The maximum Gasteiger partial charge on any atom is 0.242 e. The van der Waals surface area contributed by atoms with E-state index in [1.165, 1.54) is 11.8 Å². The number of benzene rings is 3. The quantitative estimate of drug-likeness (QED) is 0.303. The first-order valence-electron chi connectivity index (χ1n) is 10.7. The molecule has 1 N–H and O–H groups in total. The van der Waals surface area contributed by atoms with E-state index in [0.717, 1.165) is 21.2 Å². The van der Waals surface area contributed by atoms with Crippen molar-refractivity contribution in [2.45, 2.75) is 24.8 Å². The summed E-state index contributed by atoms with van der Waals surface area (Å²) in [6.45, 7) is 0.330. The van der Waals surface area contributed by atoms with Crippen LogP contribution in [-0.2, 0) is 28.3 Å². The SMILES string of the molecule is CNC(=O)[C@H](Cc1ccccc1)N(Cc1cccc(Br)c1)C(=O)CSCc1ccc(Cl)c(Cl)c1. The molecule has 0 unspecified atom stereocenters. The third-order valence-corrected chi connectivity index (χ3v) is 7.46. The Morgan fingerprint density at radius 3 is 2.35 bits per heavy atom. The minimum absolute atomic E-state index is 0.102. The molecule has 0 aliphatic heterocycles. The van der Waals surface area contributed by atoms with E-state index in [-0.39, 0.29) is 17.6 Å². The second-order valence-corrected chi connectivity index (χ2v) is 10.4. The Morgan fingerprint density at radius 1 is 0.941 bits per heavy atom. The molecular formula is C26H25BrCl2N2O2S. The molecular weight excluding hydrogens is 555 g/mol. The molecule has 2 amide bonds. The minimum Gasteiger partial charge on any atom is -0.357 e. The Bertz CT molecular complexity index is 1130. The molecule has 0 saturated heterocycles. The Morgan fingerprint density at radius 2 is 1.68 bits per heavy atom. The number of rotatable bonds is 10. The third kappa shape index (κ3) is 7.77. The molecule has 4 nitrogen and oxygen atoms in total. The minimum atomic E-state index is -0.635. The van der Waals surface area contributed by atoms with Gasteiger partial charge in [-0.2, -0.15) is 0 Å². The second-order valence-electron chi connectivity index (χ2n) is 7.71. The van der Waals surface area contributed by atoms with E-state index in [0.29, 0.717) is 28.8 Å². The van der Waals surface area contributed by atoms with E-state index >= 15 is 0 Å². The molecule has 0 aliphatic carbocycles. The highest BCUT2D eigenvalue weighted by molar-refractivity contribution is 9.10. The van der Waals surface area contributed by atoms with E-state index in [9.17, 15) is 9.59 Å². The van der Waals surface area contributed by atoms with Crippen molar-refractivity contribution in [3.8, 4) is 0 Å². The molecule has 1 atom stereocenters. The fraction of sp³-hybridized carbons (Fsp3) is 0.231. The number of carbonyl (C=O) groups is 2. The second kappa shape index (κ2) is 13.2. The Hall–Kier alpha value is -1.99. The van der Waals surface area contributed by atoms with E-state index in [1.807, 2.05) is 66.7 Å². The molecule has 3 aromatic carbocycles. The topological polar surface area (TPSA) is 49.4 Å². The molecule has 3 rings (SSSR count). The molecule has 0 aromatic heterocycles. The average Bonchev–Trinajstić information content (AvgIpc) is 2.83. The molecule has 3 aromatic rings. The van der Waals surface area contributed by atoms with Crippen molar-refractivity contribution in [3.05, 3.63) is 104 Å². The van der Waals surface area contributed by atoms with Crippen LogP contribution in [0.15, 0.2) is 77.3 Å². The Labute approximate surface area is 223 Å². The summed E-state index contributed by atoms with van der Waals surface area (Å²) in [6, 6.07) is 22.3. The van der Waals surface area contributed by atoms with Gasteiger partial charge in [-0.3, -0.25) is 9.59 Å². The van der Waals surface area contributed by atoms with Crippen molar-refractivity contribution in [1.82, 2.24) is 10.2 Å². The maximum absolute atomic E-state index is 13.5. The lowest BCUT2D eigenvalue weighted by Gasteiger charge is -2.31. The first-order valence-corrected chi connectivity index (χ1v) is 13.4. The summed E-state index contributed by atoms with van der Waals surface area (Å²) in [6.07, 6.45) is 0.428. The summed E-state index contributed by atoms with van der Waals surface area (Å²) in [5.41, 5.74) is 2.92. The molecule has 0 spiro atoms. The Balaban J connectivity index is 1.80. The molecule has 34 heavy (non-hydrogen) atoms. The zero-order valence-corrected chi connectivity index (χ0v) is 22.6. The summed E-state index contributed by atoms with van der Waals surface area (Å²) in [5.74, 6) is 0.545. The van der Waals surface area contributed by atoms with Crippen molar-refractivity contribution < 1.29 is 9.59 Å². The standard InChI is InChI=1S/C26H25BrCl2N2O2S/c1-30-26(33)24(14-18-6-3-2-4-7-18)31(15-19-8-5-9-21(27)12-19)25(32)17-34-16-20-10-11-22(28)23(29)13-20/h2-13,24H,14-17H2,1H3,(H,30,33)/t24-/m0/s1. The molecule has 0 radical (unpaired) electrons. The number of halogens is 3. The molecule has 0 fully saturated rings. The molecule has 8 heteroatoms. The molecule has 178 valence electrons. The molecule has 0 saturated carbocycles. The first kappa shape index (κ1) is 26.6. The monoisotopic (exact) mass is 578 g/mol. The van der Waals surface area contributed by atoms with Crippen LogP contribution in [-0.4, -0.2) is 35.6 Å². The van der Waals surface area contributed by atoms with Crippen LogP contribution < -0.4 is 5.32 Å². The fourth-order valence-corrected chi connectivity index (χ4v) is 5.15. The van der Waals surface area contributed by atoms with Crippen molar-refractivity contribution in [1.29, 1.82) is 0 Å². The van der Waals surface area contributed by atoms with Gasteiger partial charge in [-0.15, -0.1) is 11.8 Å². The lowest BCUT2D eigenvalue weighted by atomic mass is 10.0. The Kier molecular flexibility index (Phi) is 10.3. The highest BCUT2D eigenvalue weighted by atomic mass is 79.9. The van der Waals surface area contributed by atoms with Crippen LogP contribution >= 0.6 is 50.9 Å². The van der Waals surface area contributed by atoms with Gasteiger partial charge in [0.25, 0.3) is 0 Å². The number of hydrogen-bond acceptors (Lipinski definition) is 3. The van der Waals surface area contributed by atoms with Crippen molar-refractivity contribution >= 4 is 62.7 Å². The van der Waals surface area contributed by atoms with Crippen LogP contribution in [0.2, 0.25) is 10.0 Å². The van der Waals surface area contributed by atoms with Crippen LogP contribution in [0.4, 0.5) is 0 Å². The van der Waals surface area contributed by atoms with Gasteiger partial charge in [0.1, 0.15) is 6.04 Å². The smallest absolute Gasteiger partial charge is 0.242 e. The number of nitrogens with zero attached hydrogens (tertiary/aromatic N) is 1. The van der Waals surface area contributed by atoms with Crippen molar-refractivity contribution in [2.24, 2.45) is 0 Å². The van der Waals surface area contributed by atoms with Crippen molar-refractivity contribution in [3.63, 3.8) is 0 Å². The summed E-state index contributed by atoms with van der Waals surface area (Å²) >= 11 is 17.1. The van der Waals surface area contributed by atoms with Gasteiger partial charge in [-0.25, -0.2) is 0 Å². The van der Waals surface area contributed by atoms with E-state index in [4.69, 9.17) is 23.2 Å². The van der Waals surface area contributed by atoms with E-state index in [1.54, 1.807) is 18.0 Å². The van der Waals surface area contributed by atoms with E-state index < -0.39 is 6.04 Å². The van der Waals surface area contributed by atoms with Gasteiger partial charge in [-0.1, -0.05) is 87.7 Å². The largest absolute Gasteiger partial charge is 0.357 e. The predicted molar refractivity (Wildman–Crippen MR) is 145 cm³/mol. The number of nitrogens with one attached hydrogen (secondary N) is 1. The highest BCUT2D eigenvalue weighted by Gasteiger charge is 2.29. The van der Waals surface area contributed by atoms with E-state index in [2.05, 4.69) is 21.2 Å². The van der Waals surface area contributed by atoms with Crippen LogP contribution in [0.5, 0.6) is 0 Å². The average molecular weight is 580 g/mol. The molecule has 0 aliphatic rings. The van der Waals surface area contributed by atoms with Crippen LogP contribution in [0.25, 0.3) is 0 Å². The zero-order chi connectivity index (χ0) is 24.5. The summed E-state index contributed by atoms with van der Waals surface area (Å²) < 4.78 is 0.922. The van der Waals surface area contributed by atoms with Gasteiger partial charge >= 0.3 is 0 Å². The predicted octanol–water partition coefficient (Wildman–Crippen LogP) is 6.38. The van der Waals surface area contributed by atoms with Crippen LogP contribution in [0, 0.1) is 0 Å². The van der Waals surface area contributed by atoms with Crippen LogP contribution in [0.3, 0.4) is 0 Å². The molecule has 0 bridgehead atoms. The van der Waals surface area contributed by atoms with Gasteiger partial charge in [0.15, 0.2) is 0 Å². The highest BCUT2D eigenvalue weighted by Crippen LogP contribution is 2.25. The van der Waals surface area contributed by atoms with Gasteiger partial charge in [0.05, 0.1) is 15.8 Å². The summed E-state index contributed by atoms with van der Waals surface area (Å²) in [7, 11) is 1.60. The third-order valence-electron chi connectivity index (χ3n) is 5.24. The maximum atomic E-state index is 13.5. The fourth-order valence-electron chi connectivity index (χ4n) is 3.52. The van der Waals surface area contributed by atoms with Crippen molar-refractivity contribution in [2.75, 3.05) is 12.8 Å². The summed E-state index contributed by atoms with van der Waals surface area (Å²) in [4.78, 5) is 28.1.